The summed E-state index contributed by atoms with van der Waals surface area (Å²) in [7, 11) is -2.10. The molecular formula is C17H19FN6O2S. The van der Waals surface area contributed by atoms with Crippen LogP contribution in [0.2, 0.25) is 0 Å². The summed E-state index contributed by atoms with van der Waals surface area (Å²) < 4.78 is 44.3. The highest BCUT2D eigenvalue weighted by atomic mass is 32.2. The molecule has 1 N–H and O–H groups in total. The van der Waals surface area contributed by atoms with Gasteiger partial charge in [-0.15, -0.1) is 10.2 Å². The lowest BCUT2D eigenvalue weighted by Gasteiger charge is -2.24. The maximum atomic E-state index is 13.8. The van der Waals surface area contributed by atoms with E-state index in [4.69, 9.17) is 0 Å². The average Bonchev–Trinajstić information content (AvgIpc) is 3.15. The lowest BCUT2D eigenvalue weighted by atomic mass is 9.85. The summed E-state index contributed by atoms with van der Waals surface area (Å²) in [6, 6.07) is 5.22. The number of aromatic nitrogens is 5. The molecule has 0 atom stereocenters. The first-order valence-electron chi connectivity index (χ1n) is 8.62. The maximum Gasteiger partial charge on any atom is 0.264 e. The summed E-state index contributed by atoms with van der Waals surface area (Å²) in [5, 5.41) is 12.6. The number of rotatable bonds is 6. The number of hydrogen-bond donors (Lipinski definition) is 1. The standard InChI is InChI=1S/C17H19FN6O2S/c1-23-16(20-21-17(23)12-5-4-6-12)11-24-10-13(9-19-24)22-27(25,26)15-8-3-2-7-14(15)18/h2-3,7-10,12,22H,4-6,11H2,1H3. The molecule has 10 heteroatoms. The second-order valence-electron chi connectivity index (χ2n) is 6.62. The number of hydrogen-bond acceptors (Lipinski definition) is 5. The SMILES string of the molecule is Cn1c(Cn2cc(NS(=O)(=O)c3ccccc3F)cn2)nnc1C1CCC1. The van der Waals surface area contributed by atoms with E-state index in [0.29, 0.717) is 12.5 Å². The van der Waals surface area contributed by atoms with Gasteiger partial charge in [-0.2, -0.15) is 5.10 Å². The molecule has 2 heterocycles. The van der Waals surface area contributed by atoms with Gasteiger partial charge in [0.05, 0.1) is 11.9 Å². The topological polar surface area (TPSA) is 94.7 Å². The van der Waals surface area contributed by atoms with Crippen molar-refractivity contribution in [2.45, 2.75) is 36.6 Å². The molecule has 142 valence electrons. The van der Waals surface area contributed by atoms with Crippen LogP contribution in [0.1, 0.15) is 36.8 Å². The van der Waals surface area contributed by atoms with Crippen LogP contribution in [0.3, 0.4) is 0 Å². The Morgan fingerprint density at radius 1 is 1.26 bits per heavy atom. The molecule has 0 unspecified atom stereocenters. The predicted octanol–water partition coefficient (Wildman–Crippen LogP) is 2.27. The second-order valence-corrected chi connectivity index (χ2v) is 8.27. The quantitative estimate of drug-likeness (QED) is 0.697. The molecule has 4 rings (SSSR count). The minimum absolute atomic E-state index is 0.250. The molecule has 2 aromatic heterocycles. The Hall–Kier alpha value is -2.75. The summed E-state index contributed by atoms with van der Waals surface area (Å²) in [6.07, 6.45) is 6.40. The van der Waals surface area contributed by atoms with Crippen LogP contribution in [0.25, 0.3) is 0 Å². The molecule has 27 heavy (non-hydrogen) atoms. The third-order valence-electron chi connectivity index (χ3n) is 4.78. The van der Waals surface area contributed by atoms with Crippen molar-refractivity contribution in [3.63, 3.8) is 0 Å². The number of sulfonamides is 1. The molecule has 0 aliphatic heterocycles. The Morgan fingerprint density at radius 3 is 2.74 bits per heavy atom. The van der Waals surface area contributed by atoms with Crippen molar-refractivity contribution < 1.29 is 12.8 Å². The van der Waals surface area contributed by atoms with Crippen LogP contribution < -0.4 is 4.72 Å². The van der Waals surface area contributed by atoms with Crippen LogP contribution in [-0.2, 0) is 23.6 Å². The van der Waals surface area contributed by atoms with E-state index in [-0.39, 0.29) is 5.69 Å². The first kappa shape index (κ1) is 17.7. The van der Waals surface area contributed by atoms with Gasteiger partial charge in [0.15, 0.2) is 5.82 Å². The fraction of sp³-hybridized carbons (Fsp3) is 0.353. The van der Waals surface area contributed by atoms with Crippen LogP contribution in [0.4, 0.5) is 10.1 Å². The lowest BCUT2D eigenvalue weighted by molar-refractivity contribution is 0.391. The van der Waals surface area contributed by atoms with Crippen molar-refractivity contribution in [1.29, 1.82) is 0 Å². The fourth-order valence-electron chi connectivity index (χ4n) is 3.06. The molecule has 1 aliphatic rings. The van der Waals surface area contributed by atoms with Gasteiger partial charge >= 0.3 is 0 Å². The molecule has 3 aromatic rings. The van der Waals surface area contributed by atoms with Crippen molar-refractivity contribution in [2.24, 2.45) is 7.05 Å². The first-order chi connectivity index (χ1) is 12.9. The van der Waals surface area contributed by atoms with Crippen molar-refractivity contribution in [3.8, 4) is 0 Å². The van der Waals surface area contributed by atoms with E-state index < -0.39 is 20.7 Å². The van der Waals surface area contributed by atoms with Gasteiger partial charge in [0.1, 0.15) is 23.1 Å². The number of halogens is 1. The van der Waals surface area contributed by atoms with E-state index in [0.717, 1.165) is 30.6 Å². The molecule has 0 spiro atoms. The monoisotopic (exact) mass is 390 g/mol. The van der Waals surface area contributed by atoms with Gasteiger partial charge in [-0.3, -0.25) is 9.40 Å². The fourth-order valence-corrected chi connectivity index (χ4v) is 4.16. The van der Waals surface area contributed by atoms with Crippen LogP contribution in [0.5, 0.6) is 0 Å². The summed E-state index contributed by atoms with van der Waals surface area (Å²) in [5.41, 5.74) is 0.250. The molecule has 0 bridgehead atoms. The van der Waals surface area contributed by atoms with Crippen molar-refractivity contribution in [2.75, 3.05) is 4.72 Å². The number of nitrogens with one attached hydrogen (secondary N) is 1. The Kier molecular flexibility index (Phi) is 4.42. The van der Waals surface area contributed by atoms with E-state index in [9.17, 15) is 12.8 Å². The van der Waals surface area contributed by atoms with Crippen molar-refractivity contribution in [3.05, 3.63) is 54.1 Å². The highest BCUT2D eigenvalue weighted by Crippen LogP contribution is 2.35. The average molecular weight is 390 g/mol. The van der Waals surface area contributed by atoms with Gasteiger partial charge < -0.3 is 4.57 Å². The van der Waals surface area contributed by atoms with Crippen LogP contribution in [0, 0.1) is 5.82 Å². The largest absolute Gasteiger partial charge is 0.316 e. The zero-order valence-electron chi connectivity index (χ0n) is 14.7. The van der Waals surface area contributed by atoms with Gasteiger partial charge in [-0.1, -0.05) is 18.6 Å². The normalized spacial score (nSPS) is 14.9. The number of benzene rings is 1. The van der Waals surface area contributed by atoms with Crippen LogP contribution in [-0.4, -0.2) is 33.0 Å². The Balaban J connectivity index is 1.49. The smallest absolute Gasteiger partial charge is 0.264 e. The highest BCUT2D eigenvalue weighted by molar-refractivity contribution is 7.92. The van der Waals surface area contributed by atoms with E-state index >= 15 is 0 Å². The van der Waals surface area contributed by atoms with E-state index in [1.807, 2.05) is 11.6 Å². The second kappa shape index (κ2) is 6.76. The number of anilines is 1. The molecule has 0 radical (unpaired) electrons. The summed E-state index contributed by atoms with van der Waals surface area (Å²) in [4.78, 5) is -0.406. The Bertz CT molecular complexity index is 1070. The number of nitrogens with zero attached hydrogens (tertiary/aromatic N) is 5. The molecule has 0 amide bonds. The van der Waals surface area contributed by atoms with Gasteiger partial charge in [-0.25, -0.2) is 12.8 Å². The highest BCUT2D eigenvalue weighted by Gasteiger charge is 2.25. The first-order valence-corrected chi connectivity index (χ1v) is 10.1. The maximum absolute atomic E-state index is 13.8. The lowest BCUT2D eigenvalue weighted by Crippen LogP contribution is -2.15. The minimum atomic E-state index is -4.03. The van der Waals surface area contributed by atoms with E-state index in [1.54, 1.807) is 4.68 Å². The molecular weight excluding hydrogens is 371 g/mol. The molecule has 1 saturated carbocycles. The van der Waals surface area contributed by atoms with Crippen molar-refractivity contribution in [1.82, 2.24) is 24.5 Å². The Labute approximate surface area is 156 Å². The molecule has 0 saturated heterocycles. The third-order valence-corrected chi connectivity index (χ3v) is 6.20. The summed E-state index contributed by atoms with van der Waals surface area (Å²) in [5.74, 6) is 1.38. The molecule has 8 nitrogen and oxygen atoms in total. The van der Waals surface area contributed by atoms with Gasteiger partial charge in [0.25, 0.3) is 10.0 Å². The van der Waals surface area contributed by atoms with Gasteiger partial charge in [0, 0.05) is 19.2 Å². The molecule has 1 aromatic carbocycles. The minimum Gasteiger partial charge on any atom is -0.316 e. The molecule has 1 aliphatic carbocycles. The van der Waals surface area contributed by atoms with Crippen LogP contribution >= 0.6 is 0 Å². The van der Waals surface area contributed by atoms with Crippen LogP contribution in [0.15, 0.2) is 41.6 Å². The zero-order chi connectivity index (χ0) is 19.0. The molecule has 1 fully saturated rings. The zero-order valence-corrected chi connectivity index (χ0v) is 15.5. The predicted molar refractivity (Wildman–Crippen MR) is 96.1 cm³/mol. The van der Waals surface area contributed by atoms with Gasteiger partial charge in [-0.05, 0) is 25.0 Å². The summed E-state index contributed by atoms with van der Waals surface area (Å²) >= 11 is 0. The summed E-state index contributed by atoms with van der Waals surface area (Å²) in [6.45, 7) is 0.359. The third kappa shape index (κ3) is 3.44. The van der Waals surface area contributed by atoms with E-state index in [2.05, 4.69) is 20.0 Å². The Morgan fingerprint density at radius 2 is 2.04 bits per heavy atom. The van der Waals surface area contributed by atoms with Crippen molar-refractivity contribution >= 4 is 15.7 Å². The van der Waals surface area contributed by atoms with Gasteiger partial charge in [0.2, 0.25) is 0 Å². The van der Waals surface area contributed by atoms with E-state index in [1.165, 1.54) is 37.0 Å².